The SMILES string of the molecule is O=C(O)C(Cc1ccccc1OCCN1CCOCC1)c1cccs1. The molecule has 2 aromatic rings. The third-order valence-corrected chi connectivity index (χ3v) is 5.34. The minimum atomic E-state index is -0.800. The second-order valence-corrected chi connectivity index (χ2v) is 7.00. The van der Waals surface area contributed by atoms with Crippen molar-refractivity contribution in [2.45, 2.75) is 12.3 Å². The van der Waals surface area contributed by atoms with Crippen LogP contribution in [0.1, 0.15) is 16.4 Å². The molecule has 0 radical (unpaired) electrons. The zero-order chi connectivity index (χ0) is 17.5. The lowest BCUT2D eigenvalue weighted by Crippen LogP contribution is -2.38. The van der Waals surface area contributed by atoms with Crippen molar-refractivity contribution in [1.82, 2.24) is 4.90 Å². The van der Waals surface area contributed by atoms with E-state index in [2.05, 4.69) is 4.90 Å². The van der Waals surface area contributed by atoms with Crippen molar-refractivity contribution in [3.63, 3.8) is 0 Å². The number of nitrogens with zero attached hydrogens (tertiary/aromatic N) is 1. The van der Waals surface area contributed by atoms with E-state index < -0.39 is 11.9 Å². The van der Waals surface area contributed by atoms with Crippen LogP contribution in [0, 0.1) is 0 Å². The minimum Gasteiger partial charge on any atom is -0.492 e. The molecule has 0 aliphatic carbocycles. The molecule has 1 unspecified atom stereocenters. The first-order valence-electron chi connectivity index (χ1n) is 8.51. The summed E-state index contributed by atoms with van der Waals surface area (Å²) in [5.74, 6) is -0.562. The van der Waals surface area contributed by atoms with Gasteiger partial charge in [0.15, 0.2) is 0 Å². The Hall–Kier alpha value is -1.89. The van der Waals surface area contributed by atoms with Crippen LogP contribution in [0.15, 0.2) is 41.8 Å². The maximum Gasteiger partial charge on any atom is 0.312 e. The van der Waals surface area contributed by atoms with Crippen LogP contribution in [0.25, 0.3) is 0 Å². The average Bonchev–Trinajstić information content (AvgIpc) is 3.15. The Labute approximate surface area is 151 Å². The van der Waals surface area contributed by atoms with Crippen LogP contribution >= 0.6 is 11.3 Å². The molecule has 0 saturated carbocycles. The number of rotatable bonds is 8. The first-order chi connectivity index (χ1) is 12.2. The van der Waals surface area contributed by atoms with Gasteiger partial charge in [0.25, 0.3) is 0 Å². The number of hydrogen-bond acceptors (Lipinski definition) is 5. The largest absolute Gasteiger partial charge is 0.492 e. The summed E-state index contributed by atoms with van der Waals surface area (Å²) in [6.07, 6.45) is 0.434. The number of thiophene rings is 1. The van der Waals surface area contributed by atoms with Crippen molar-refractivity contribution < 1.29 is 19.4 Å². The summed E-state index contributed by atoms with van der Waals surface area (Å²) < 4.78 is 11.3. The van der Waals surface area contributed by atoms with Gasteiger partial charge in [0.1, 0.15) is 12.4 Å². The second-order valence-electron chi connectivity index (χ2n) is 6.02. The number of benzene rings is 1. The molecule has 1 N–H and O–H groups in total. The van der Waals surface area contributed by atoms with E-state index in [1.54, 1.807) is 0 Å². The van der Waals surface area contributed by atoms with Crippen LogP contribution < -0.4 is 4.74 Å². The molecule has 1 aromatic heterocycles. The lowest BCUT2D eigenvalue weighted by molar-refractivity contribution is -0.138. The van der Waals surface area contributed by atoms with Gasteiger partial charge >= 0.3 is 5.97 Å². The standard InChI is InChI=1S/C19H23NO4S/c21-19(22)16(18-6-3-13-25-18)14-15-4-1-2-5-17(15)24-12-9-20-7-10-23-11-8-20/h1-6,13,16H,7-12,14H2,(H,21,22). The van der Waals surface area contributed by atoms with Gasteiger partial charge in [-0.25, -0.2) is 0 Å². The Kier molecular flexibility index (Phi) is 6.44. The van der Waals surface area contributed by atoms with Gasteiger partial charge in [-0.05, 0) is 29.5 Å². The predicted molar refractivity (Wildman–Crippen MR) is 97.6 cm³/mol. The zero-order valence-electron chi connectivity index (χ0n) is 14.1. The second kappa shape index (κ2) is 8.99. The van der Waals surface area contributed by atoms with Gasteiger partial charge < -0.3 is 14.6 Å². The van der Waals surface area contributed by atoms with Crippen molar-refractivity contribution >= 4 is 17.3 Å². The van der Waals surface area contributed by atoms with Crippen molar-refractivity contribution in [2.24, 2.45) is 0 Å². The van der Waals surface area contributed by atoms with Crippen molar-refractivity contribution in [1.29, 1.82) is 0 Å². The number of ether oxygens (including phenoxy) is 2. The lowest BCUT2D eigenvalue weighted by atomic mass is 9.97. The molecule has 0 amide bonds. The van der Waals surface area contributed by atoms with E-state index in [1.807, 2.05) is 41.8 Å². The first-order valence-corrected chi connectivity index (χ1v) is 9.39. The van der Waals surface area contributed by atoms with Gasteiger partial charge in [0.2, 0.25) is 0 Å². The molecule has 2 heterocycles. The Balaban J connectivity index is 1.62. The number of para-hydroxylation sites is 1. The summed E-state index contributed by atoms with van der Waals surface area (Å²) in [7, 11) is 0. The van der Waals surface area contributed by atoms with Gasteiger partial charge in [0.05, 0.1) is 19.1 Å². The molecule has 3 rings (SSSR count). The molecule has 5 nitrogen and oxygen atoms in total. The van der Waals surface area contributed by atoms with E-state index >= 15 is 0 Å². The van der Waals surface area contributed by atoms with E-state index in [0.29, 0.717) is 13.0 Å². The molecular formula is C19H23NO4S. The third kappa shape index (κ3) is 5.04. The summed E-state index contributed by atoms with van der Waals surface area (Å²) in [5.41, 5.74) is 0.935. The van der Waals surface area contributed by atoms with Crippen LogP contribution in [0.2, 0.25) is 0 Å². The molecule has 0 bridgehead atoms. The Morgan fingerprint density at radius 2 is 2.04 bits per heavy atom. The summed E-state index contributed by atoms with van der Waals surface area (Å²) in [6, 6.07) is 11.5. The number of carboxylic acids is 1. The van der Waals surface area contributed by atoms with Crippen molar-refractivity contribution in [3.05, 3.63) is 52.2 Å². The monoisotopic (exact) mass is 361 g/mol. The number of aliphatic carboxylic acids is 1. The fourth-order valence-corrected chi connectivity index (χ4v) is 3.76. The van der Waals surface area contributed by atoms with Gasteiger partial charge in [-0.15, -0.1) is 11.3 Å². The zero-order valence-corrected chi connectivity index (χ0v) is 14.9. The maximum atomic E-state index is 11.7. The molecular weight excluding hydrogens is 338 g/mol. The minimum absolute atomic E-state index is 0.434. The first kappa shape index (κ1) is 17.9. The molecule has 1 atom stereocenters. The topological polar surface area (TPSA) is 59.0 Å². The molecule has 6 heteroatoms. The summed E-state index contributed by atoms with van der Waals surface area (Å²) in [5, 5.41) is 11.5. The van der Waals surface area contributed by atoms with E-state index in [9.17, 15) is 9.90 Å². The Morgan fingerprint density at radius 1 is 1.24 bits per heavy atom. The number of carbonyl (C=O) groups is 1. The smallest absolute Gasteiger partial charge is 0.312 e. The third-order valence-electron chi connectivity index (χ3n) is 4.35. The normalized spacial score (nSPS) is 16.5. The van der Waals surface area contributed by atoms with Crippen LogP contribution in [0.4, 0.5) is 0 Å². The highest BCUT2D eigenvalue weighted by atomic mass is 32.1. The fourth-order valence-electron chi connectivity index (χ4n) is 2.94. The molecule has 1 aliphatic rings. The summed E-state index contributed by atoms with van der Waals surface area (Å²) >= 11 is 1.48. The highest BCUT2D eigenvalue weighted by Gasteiger charge is 2.23. The number of carboxylic acid groups (broad SMARTS) is 1. The van der Waals surface area contributed by atoms with Gasteiger partial charge in [-0.1, -0.05) is 24.3 Å². The Bertz CT molecular complexity index is 668. The van der Waals surface area contributed by atoms with Gasteiger partial charge in [-0.3, -0.25) is 9.69 Å². The highest BCUT2D eigenvalue weighted by molar-refractivity contribution is 7.10. The molecule has 1 aliphatic heterocycles. The van der Waals surface area contributed by atoms with Crippen LogP contribution in [0.3, 0.4) is 0 Å². The molecule has 25 heavy (non-hydrogen) atoms. The van der Waals surface area contributed by atoms with Gasteiger partial charge in [0, 0.05) is 24.5 Å². The van der Waals surface area contributed by atoms with E-state index in [-0.39, 0.29) is 0 Å². The van der Waals surface area contributed by atoms with Crippen molar-refractivity contribution in [2.75, 3.05) is 39.5 Å². The van der Waals surface area contributed by atoms with Gasteiger partial charge in [-0.2, -0.15) is 0 Å². The molecule has 134 valence electrons. The van der Waals surface area contributed by atoms with E-state index in [4.69, 9.17) is 9.47 Å². The highest BCUT2D eigenvalue weighted by Crippen LogP contribution is 2.29. The molecule has 1 aromatic carbocycles. The quantitative estimate of drug-likeness (QED) is 0.783. The molecule has 0 spiro atoms. The predicted octanol–water partition coefficient (Wildman–Crippen LogP) is 2.87. The van der Waals surface area contributed by atoms with Crippen LogP contribution in [-0.4, -0.2) is 55.4 Å². The fraction of sp³-hybridized carbons (Fsp3) is 0.421. The van der Waals surface area contributed by atoms with E-state index in [1.165, 1.54) is 11.3 Å². The lowest BCUT2D eigenvalue weighted by Gasteiger charge is -2.26. The Morgan fingerprint density at radius 3 is 2.76 bits per heavy atom. The van der Waals surface area contributed by atoms with E-state index in [0.717, 1.165) is 49.0 Å². The summed E-state index contributed by atoms with van der Waals surface area (Å²) in [6.45, 7) is 4.86. The maximum absolute atomic E-state index is 11.7. The van der Waals surface area contributed by atoms with Crippen molar-refractivity contribution in [3.8, 4) is 5.75 Å². The number of hydrogen-bond donors (Lipinski definition) is 1. The van der Waals surface area contributed by atoms with Crippen LogP contribution in [0.5, 0.6) is 5.75 Å². The van der Waals surface area contributed by atoms with Crippen LogP contribution in [-0.2, 0) is 16.0 Å². The number of morpholine rings is 1. The summed E-state index contributed by atoms with van der Waals surface area (Å²) in [4.78, 5) is 14.9. The molecule has 1 saturated heterocycles. The average molecular weight is 361 g/mol. The molecule has 1 fully saturated rings.